The first-order valence-corrected chi connectivity index (χ1v) is 8.29. The predicted octanol–water partition coefficient (Wildman–Crippen LogP) is 4.33. The van der Waals surface area contributed by atoms with E-state index in [2.05, 4.69) is 12.2 Å². The molecule has 0 radical (unpaired) electrons. The number of methoxy groups -OCH3 is 1. The molecule has 0 saturated carbocycles. The molecule has 0 aliphatic heterocycles. The van der Waals surface area contributed by atoms with Gasteiger partial charge in [0.15, 0.2) is 17.3 Å². The van der Waals surface area contributed by atoms with Gasteiger partial charge in [0.1, 0.15) is 0 Å². The maximum atomic E-state index is 12.5. The van der Waals surface area contributed by atoms with Crippen LogP contribution in [0.2, 0.25) is 0 Å². The molecule has 0 aliphatic rings. The summed E-state index contributed by atoms with van der Waals surface area (Å²) in [5, 5.41) is 2.78. The molecular formula is C20H23NO4. The molecule has 5 nitrogen and oxygen atoms in total. The van der Waals surface area contributed by atoms with Crippen molar-refractivity contribution >= 4 is 17.4 Å². The third-order valence-electron chi connectivity index (χ3n) is 3.74. The van der Waals surface area contributed by atoms with Gasteiger partial charge < -0.3 is 14.8 Å². The van der Waals surface area contributed by atoms with Gasteiger partial charge in [-0.1, -0.05) is 25.5 Å². The minimum Gasteiger partial charge on any atom is -0.493 e. The van der Waals surface area contributed by atoms with Gasteiger partial charge in [0.25, 0.3) is 5.91 Å². The number of amides is 1. The van der Waals surface area contributed by atoms with E-state index in [9.17, 15) is 9.59 Å². The van der Waals surface area contributed by atoms with E-state index >= 15 is 0 Å². The summed E-state index contributed by atoms with van der Waals surface area (Å²) in [6.45, 7) is 4.16. The Labute approximate surface area is 148 Å². The maximum Gasteiger partial charge on any atom is 0.255 e. The SMILES string of the molecule is CCCCOc1ccc(C(=O)Nc2ccccc2C(C)=O)cc1OC. The van der Waals surface area contributed by atoms with E-state index in [-0.39, 0.29) is 11.7 Å². The van der Waals surface area contributed by atoms with Crippen LogP contribution in [0.25, 0.3) is 0 Å². The minimum absolute atomic E-state index is 0.104. The van der Waals surface area contributed by atoms with Crippen molar-refractivity contribution in [3.63, 3.8) is 0 Å². The molecule has 5 heteroatoms. The maximum absolute atomic E-state index is 12.5. The van der Waals surface area contributed by atoms with Crippen molar-refractivity contribution in [3.8, 4) is 11.5 Å². The summed E-state index contributed by atoms with van der Waals surface area (Å²) < 4.78 is 11.0. The van der Waals surface area contributed by atoms with Crippen molar-refractivity contribution in [1.29, 1.82) is 0 Å². The lowest BCUT2D eigenvalue weighted by Crippen LogP contribution is -2.14. The Balaban J connectivity index is 2.18. The molecule has 0 heterocycles. The molecule has 0 unspecified atom stereocenters. The Kier molecular flexibility index (Phi) is 6.57. The van der Waals surface area contributed by atoms with Gasteiger partial charge in [-0.2, -0.15) is 0 Å². The normalized spacial score (nSPS) is 10.2. The van der Waals surface area contributed by atoms with E-state index in [1.165, 1.54) is 14.0 Å². The summed E-state index contributed by atoms with van der Waals surface area (Å²) in [4.78, 5) is 24.2. The fraction of sp³-hybridized carbons (Fsp3) is 0.300. The van der Waals surface area contributed by atoms with Gasteiger partial charge in [-0.25, -0.2) is 0 Å². The van der Waals surface area contributed by atoms with Gasteiger partial charge in [0, 0.05) is 11.1 Å². The van der Waals surface area contributed by atoms with Gasteiger partial charge in [-0.05, 0) is 43.7 Å². The van der Waals surface area contributed by atoms with Gasteiger partial charge in [0.05, 0.1) is 19.4 Å². The molecule has 2 aromatic rings. The Morgan fingerprint density at radius 3 is 2.52 bits per heavy atom. The van der Waals surface area contributed by atoms with Crippen LogP contribution < -0.4 is 14.8 Å². The summed E-state index contributed by atoms with van der Waals surface area (Å²) in [5.74, 6) is 0.695. The Morgan fingerprint density at radius 1 is 1.08 bits per heavy atom. The lowest BCUT2D eigenvalue weighted by atomic mass is 10.1. The van der Waals surface area contributed by atoms with Crippen LogP contribution in [0.15, 0.2) is 42.5 Å². The van der Waals surface area contributed by atoms with Crippen molar-refractivity contribution in [2.75, 3.05) is 19.0 Å². The standard InChI is InChI=1S/C20H23NO4/c1-4-5-12-25-18-11-10-15(13-19(18)24-3)20(23)21-17-9-7-6-8-16(17)14(2)22/h6-11,13H,4-5,12H2,1-3H3,(H,21,23). The zero-order valence-electron chi connectivity index (χ0n) is 14.8. The van der Waals surface area contributed by atoms with Gasteiger partial charge >= 0.3 is 0 Å². The van der Waals surface area contributed by atoms with E-state index in [0.29, 0.717) is 34.9 Å². The number of carbonyl (C=O) groups is 2. The monoisotopic (exact) mass is 341 g/mol. The average molecular weight is 341 g/mol. The number of nitrogens with one attached hydrogen (secondary N) is 1. The number of hydrogen-bond donors (Lipinski definition) is 1. The van der Waals surface area contributed by atoms with Crippen LogP contribution >= 0.6 is 0 Å². The summed E-state index contributed by atoms with van der Waals surface area (Å²) in [6.07, 6.45) is 1.99. The fourth-order valence-corrected chi connectivity index (χ4v) is 2.35. The van der Waals surface area contributed by atoms with Crippen LogP contribution in [0.1, 0.15) is 47.4 Å². The number of Topliss-reactive ketones (excluding diaryl/α,β-unsaturated/α-hetero) is 1. The number of para-hydroxylation sites is 1. The number of anilines is 1. The molecule has 132 valence electrons. The second-order valence-electron chi connectivity index (χ2n) is 5.62. The number of rotatable bonds is 8. The van der Waals surface area contributed by atoms with Crippen LogP contribution in [-0.4, -0.2) is 25.4 Å². The van der Waals surface area contributed by atoms with Crippen molar-refractivity contribution in [1.82, 2.24) is 0 Å². The summed E-state index contributed by atoms with van der Waals surface area (Å²) in [5.41, 5.74) is 1.39. The highest BCUT2D eigenvalue weighted by molar-refractivity contribution is 6.09. The fourth-order valence-electron chi connectivity index (χ4n) is 2.35. The molecule has 0 atom stereocenters. The predicted molar refractivity (Wildman–Crippen MR) is 97.8 cm³/mol. The van der Waals surface area contributed by atoms with Gasteiger partial charge in [0.2, 0.25) is 0 Å². The van der Waals surface area contributed by atoms with Crippen LogP contribution in [0.4, 0.5) is 5.69 Å². The molecule has 25 heavy (non-hydrogen) atoms. The zero-order valence-corrected chi connectivity index (χ0v) is 14.8. The number of ketones is 1. The molecule has 0 spiro atoms. The number of benzene rings is 2. The van der Waals surface area contributed by atoms with Gasteiger partial charge in [-0.3, -0.25) is 9.59 Å². The number of ether oxygens (including phenoxy) is 2. The van der Waals surface area contributed by atoms with Crippen molar-refractivity contribution in [3.05, 3.63) is 53.6 Å². The van der Waals surface area contributed by atoms with E-state index in [4.69, 9.17) is 9.47 Å². The van der Waals surface area contributed by atoms with E-state index in [1.807, 2.05) is 0 Å². The molecule has 0 bridgehead atoms. The molecule has 2 aromatic carbocycles. The van der Waals surface area contributed by atoms with E-state index in [0.717, 1.165) is 12.8 Å². The van der Waals surface area contributed by atoms with Crippen molar-refractivity contribution in [2.24, 2.45) is 0 Å². The van der Waals surface area contributed by atoms with Gasteiger partial charge in [-0.15, -0.1) is 0 Å². The lowest BCUT2D eigenvalue weighted by molar-refractivity contribution is 0.101. The molecule has 0 fully saturated rings. The molecule has 2 rings (SSSR count). The Hall–Kier alpha value is -2.82. The largest absolute Gasteiger partial charge is 0.493 e. The molecule has 1 N–H and O–H groups in total. The highest BCUT2D eigenvalue weighted by Crippen LogP contribution is 2.29. The Bertz CT molecular complexity index is 755. The third-order valence-corrected chi connectivity index (χ3v) is 3.74. The smallest absolute Gasteiger partial charge is 0.255 e. The number of hydrogen-bond acceptors (Lipinski definition) is 4. The minimum atomic E-state index is -0.313. The molecule has 0 saturated heterocycles. The average Bonchev–Trinajstić information content (AvgIpc) is 2.62. The molecule has 1 amide bonds. The first kappa shape index (κ1) is 18.5. The molecular weight excluding hydrogens is 318 g/mol. The summed E-state index contributed by atoms with van der Waals surface area (Å²) in [6, 6.07) is 11.9. The van der Waals surface area contributed by atoms with E-state index < -0.39 is 0 Å². The zero-order chi connectivity index (χ0) is 18.2. The highest BCUT2D eigenvalue weighted by Gasteiger charge is 2.14. The summed E-state index contributed by atoms with van der Waals surface area (Å²) in [7, 11) is 1.54. The number of carbonyl (C=O) groups excluding carboxylic acids is 2. The first-order chi connectivity index (χ1) is 12.1. The second-order valence-corrected chi connectivity index (χ2v) is 5.62. The van der Waals surface area contributed by atoms with Crippen LogP contribution in [0.3, 0.4) is 0 Å². The molecule has 0 aromatic heterocycles. The Morgan fingerprint density at radius 2 is 1.84 bits per heavy atom. The second kappa shape index (κ2) is 8.87. The summed E-state index contributed by atoms with van der Waals surface area (Å²) >= 11 is 0. The van der Waals surface area contributed by atoms with Crippen molar-refractivity contribution < 1.29 is 19.1 Å². The van der Waals surface area contributed by atoms with Crippen LogP contribution in [0, 0.1) is 0 Å². The van der Waals surface area contributed by atoms with Crippen LogP contribution in [0.5, 0.6) is 11.5 Å². The highest BCUT2D eigenvalue weighted by atomic mass is 16.5. The van der Waals surface area contributed by atoms with Crippen LogP contribution in [-0.2, 0) is 0 Å². The molecule has 0 aliphatic carbocycles. The van der Waals surface area contributed by atoms with E-state index in [1.54, 1.807) is 42.5 Å². The number of unbranched alkanes of at least 4 members (excludes halogenated alkanes) is 1. The topological polar surface area (TPSA) is 64.6 Å². The van der Waals surface area contributed by atoms with Crippen molar-refractivity contribution in [2.45, 2.75) is 26.7 Å². The quantitative estimate of drug-likeness (QED) is 0.573. The lowest BCUT2D eigenvalue weighted by Gasteiger charge is -2.13. The first-order valence-electron chi connectivity index (χ1n) is 8.29. The third kappa shape index (κ3) is 4.83.